The van der Waals surface area contributed by atoms with Gasteiger partial charge in [0.15, 0.2) is 0 Å². The third kappa shape index (κ3) is 3.75. The molecule has 0 spiro atoms. The number of aromatic nitrogens is 2. The monoisotopic (exact) mass is 404 g/mol. The quantitative estimate of drug-likeness (QED) is 0.406. The predicted octanol–water partition coefficient (Wildman–Crippen LogP) is 5.76. The van der Waals surface area contributed by atoms with Crippen LogP contribution in [0.3, 0.4) is 0 Å². The van der Waals surface area contributed by atoms with Crippen LogP contribution in [0.4, 0.5) is 0 Å². The third-order valence-corrected chi connectivity index (χ3v) is 7.01. The molecule has 0 radical (unpaired) electrons. The zero-order valence-electron chi connectivity index (χ0n) is 15.4. The highest BCUT2D eigenvalue weighted by Gasteiger charge is 2.23. The number of fused-ring (bicyclic) bond motifs is 2. The van der Waals surface area contributed by atoms with Crippen molar-refractivity contribution in [3.05, 3.63) is 58.5 Å². The van der Waals surface area contributed by atoms with Crippen molar-refractivity contribution in [1.29, 1.82) is 0 Å². The van der Waals surface area contributed by atoms with E-state index in [1.54, 1.807) is 22.7 Å². The lowest BCUT2D eigenvalue weighted by molar-refractivity contribution is 0.390. The normalized spacial score (nSPS) is 20.7. The number of benzene rings is 2. The summed E-state index contributed by atoms with van der Waals surface area (Å²) >= 11 is 3.39. The van der Waals surface area contributed by atoms with Crippen molar-refractivity contribution >= 4 is 55.5 Å². The maximum absolute atomic E-state index is 4.88. The van der Waals surface area contributed by atoms with Crippen molar-refractivity contribution in [2.75, 3.05) is 0 Å². The van der Waals surface area contributed by atoms with Gasteiger partial charge in [-0.2, -0.15) is 0 Å². The van der Waals surface area contributed by atoms with Crippen LogP contribution in [0.5, 0.6) is 0 Å². The number of aliphatic imine (C=N–C) groups is 2. The summed E-state index contributed by atoms with van der Waals surface area (Å²) in [6, 6.07) is 16.9. The molecule has 2 heterocycles. The van der Waals surface area contributed by atoms with Crippen LogP contribution in [0.2, 0.25) is 0 Å². The summed E-state index contributed by atoms with van der Waals surface area (Å²) in [6.45, 7) is 0. The lowest BCUT2D eigenvalue weighted by Gasteiger charge is -2.25. The first-order chi connectivity index (χ1) is 13.8. The molecule has 2 aromatic heterocycles. The van der Waals surface area contributed by atoms with Crippen LogP contribution in [0, 0.1) is 0 Å². The molecule has 4 nitrogen and oxygen atoms in total. The maximum Gasteiger partial charge on any atom is 0.135 e. The van der Waals surface area contributed by atoms with Gasteiger partial charge < -0.3 is 0 Å². The zero-order valence-corrected chi connectivity index (χ0v) is 17.0. The van der Waals surface area contributed by atoms with E-state index in [-0.39, 0.29) is 12.1 Å². The van der Waals surface area contributed by atoms with E-state index < -0.39 is 0 Å². The van der Waals surface area contributed by atoms with Gasteiger partial charge in [-0.15, -0.1) is 22.7 Å². The number of hydrogen-bond acceptors (Lipinski definition) is 6. The summed E-state index contributed by atoms with van der Waals surface area (Å²) in [5.41, 5.74) is 2.09. The van der Waals surface area contributed by atoms with Crippen LogP contribution in [-0.2, 0) is 0 Å². The molecule has 2 aromatic carbocycles. The summed E-state index contributed by atoms with van der Waals surface area (Å²) in [4.78, 5) is 19.1. The Balaban J connectivity index is 1.34. The SMILES string of the molecule is C(=N\C1CCCCC1/N=C/c1nc2ccccc2s1)/c1nc2ccccc2s1. The molecule has 140 valence electrons. The van der Waals surface area contributed by atoms with Gasteiger partial charge in [0, 0.05) is 0 Å². The largest absolute Gasteiger partial charge is 0.284 e. The first-order valence-electron chi connectivity index (χ1n) is 9.63. The van der Waals surface area contributed by atoms with E-state index in [0.717, 1.165) is 33.9 Å². The van der Waals surface area contributed by atoms with E-state index in [1.807, 2.05) is 24.6 Å². The standard InChI is InChI=1S/C22H20N4S2/c1-2-8-16(24-14-22-26-18-10-4-6-12-20(18)28-22)15(7-1)23-13-21-25-17-9-3-5-11-19(17)27-21/h3-6,9-16H,1-2,7-8H2/b23-13+,24-14+. The van der Waals surface area contributed by atoms with E-state index in [1.165, 1.54) is 22.2 Å². The second kappa shape index (κ2) is 7.89. The van der Waals surface area contributed by atoms with Crippen molar-refractivity contribution in [2.45, 2.75) is 37.8 Å². The molecule has 0 bridgehead atoms. The van der Waals surface area contributed by atoms with Crippen LogP contribution in [0.15, 0.2) is 58.5 Å². The summed E-state index contributed by atoms with van der Waals surface area (Å²) < 4.78 is 2.41. The summed E-state index contributed by atoms with van der Waals surface area (Å²) in [5, 5.41) is 1.95. The van der Waals surface area contributed by atoms with Gasteiger partial charge in [0.1, 0.15) is 10.0 Å². The Labute approximate surface area is 171 Å². The smallest absolute Gasteiger partial charge is 0.135 e. The van der Waals surface area contributed by atoms with E-state index >= 15 is 0 Å². The fraction of sp³-hybridized carbons (Fsp3) is 0.273. The second-order valence-corrected chi connectivity index (χ2v) is 9.14. The molecule has 0 N–H and O–H groups in total. The molecule has 1 aliphatic rings. The molecular weight excluding hydrogens is 384 g/mol. The van der Waals surface area contributed by atoms with Crippen LogP contribution < -0.4 is 0 Å². The van der Waals surface area contributed by atoms with Crippen LogP contribution in [0.25, 0.3) is 20.4 Å². The molecule has 2 unspecified atom stereocenters. The fourth-order valence-corrected chi connectivity index (χ4v) is 5.34. The highest BCUT2D eigenvalue weighted by atomic mass is 32.1. The molecule has 0 amide bonds. The number of nitrogens with zero attached hydrogens (tertiary/aromatic N) is 4. The molecule has 1 fully saturated rings. The van der Waals surface area contributed by atoms with Gasteiger partial charge in [0.2, 0.25) is 0 Å². The molecule has 1 aliphatic carbocycles. The van der Waals surface area contributed by atoms with Crippen LogP contribution in [0.1, 0.15) is 35.7 Å². The minimum absolute atomic E-state index is 0.228. The molecule has 0 saturated heterocycles. The van der Waals surface area contributed by atoms with Gasteiger partial charge in [-0.25, -0.2) is 9.97 Å². The average molecular weight is 405 g/mol. The van der Waals surface area contributed by atoms with Crippen molar-refractivity contribution in [2.24, 2.45) is 9.98 Å². The van der Waals surface area contributed by atoms with Gasteiger partial charge in [0.05, 0.1) is 44.9 Å². The molecule has 1 saturated carbocycles. The summed E-state index contributed by atoms with van der Waals surface area (Å²) in [5.74, 6) is 0. The minimum atomic E-state index is 0.228. The van der Waals surface area contributed by atoms with E-state index in [4.69, 9.17) is 9.98 Å². The van der Waals surface area contributed by atoms with Crippen molar-refractivity contribution in [3.8, 4) is 0 Å². The molecule has 5 rings (SSSR count). The molecule has 2 atom stereocenters. The Kier molecular flexibility index (Phi) is 4.97. The highest BCUT2D eigenvalue weighted by molar-refractivity contribution is 7.20. The van der Waals surface area contributed by atoms with Crippen LogP contribution in [-0.4, -0.2) is 34.5 Å². The average Bonchev–Trinajstić information content (AvgIpc) is 3.34. The number of hydrogen-bond donors (Lipinski definition) is 0. The molecule has 28 heavy (non-hydrogen) atoms. The Morgan fingerprint density at radius 1 is 0.714 bits per heavy atom. The topological polar surface area (TPSA) is 50.5 Å². The van der Waals surface area contributed by atoms with Crippen molar-refractivity contribution in [1.82, 2.24) is 9.97 Å². The van der Waals surface area contributed by atoms with E-state index in [2.05, 4.69) is 46.4 Å². The van der Waals surface area contributed by atoms with E-state index in [9.17, 15) is 0 Å². The first kappa shape index (κ1) is 17.6. The number of para-hydroxylation sites is 2. The first-order valence-corrected chi connectivity index (χ1v) is 11.3. The fourth-order valence-electron chi connectivity index (χ4n) is 3.65. The molecule has 4 aromatic rings. The second-order valence-electron chi connectivity index (χ2n) is 7.02. The van der Waals surface area contributed by atoms with Gasteiger partial charge in [-0.1, -0.05) is 37.1 Å². The summed E-state index contributed by atoms with van der Waals surface area (Å²) in [7, 11) is 0. The van der Waals surface area contributed by atoms with E-state index in [0.29, 0.717) is 0 Å². The highest BCUT2D eigenvalue weighted by Crippen LogP contribution is 2.26. The Morgan fingerprint density at radius 3 is 1.64 bits per heavy atom. The van der Waals surface area contributed by atoms with Crippen molar-refractivity contribution in [3.63, 3.8) is 0 Å². The summed E-state index contributed by atoms with van der Waals surface area (Å²) in [6.07, 6.45) is 8.50. The Bertz CT molecular complexity index is 999. The maximum atomic E-state index is 4.88. The van der Waals surface area contributed by atoms with Gasteiger partial charge in [-0.3, -0.25) is 9.98 Å². The minimum Gasteiger partial charge on any atom is -0.284 e. The lowest BCUT2D eigenvalue weighted by atomic mass is 9.91. The molecule has 6 heteroatoms. The Morgan fingerprint density at radius 2 is 1.18 bits per heavy atom. The van der Waals surface area contributed by atoms with Gasteiger partial charge in [0.25, 0.3) is 0 Å². The molecule has 0 aliphatic heterocycles. The Hall–Kier alpha value is -2.44. The van der Waals surface area contributed by atoms with Gasteiger partial charge >= 0.3 is 0 Å². The van der Waals surface area contributed by atoms with Gasteiger partial charge in [-0.05, 0) is 37.1 Å². The number of rotatable bonds is 4. The third-order valence-electron chi connectivity index (χ3n) is 5.07. The zero-order chi connectivity index (χ0) is 18.8. The molecular formula is C22H20N4S2. The van der Waals surface area contributed by atoms with Crippen LogP contribution >= 0.6 is 22.7 Å². The lowest BCUT2D eigenvalue weighted by Crippen LogP contribution is -2.27. The van der Waals surface area contributed by atoms with Crippen molar-refractivity contribution < 1.29 is 0 Å². The predicted molar refractivity (Wildman–Crippen MR) is 120 cm³/mol. The number of thiazole rings is 2.